The highest BCUT2D eigenvalue weighted by molar-refractivity contribution is 7.99. The van der Waals surface area contributed by atoms with Gasteiger partial charge in [-0.2, -0.15) is 0 Å². The molecule has 88 valence electrons. The second-order valence-electron chi connectivity index (χ2n) is 4.06. The van der Waals surface area contributed by atoms with Gasteiger partial charge in [0.15, 0.2) is 5.16 Å². The van der Waals surface area contributed by atoms with E-state index in [1.165, 1.54) is 16.3 Å². The van der Waals surface area contributed by atoms with E-state index in [-0.39, 0.29) is 11.6 Å². The van der Waals surface area contributed by atoms with Crippen molar-refractivity contribution in [3.63, 3.8) is 0 Å². The predicted molar refractivity (Wildman–Crippen MR) is 61.5 cm³/mol. The molecule has 2 rings (SSSR count). The molecule has 0 radical (unpaired) electrons. The van der Waals surface area contributed by atoms with Crippen LogP contribution in [0.4, 0.5) is 0 Å². The van der Waals surface area contributed by atoms with Crippen molar-refractivity contribution in [2.45, 2.75) is 30.8 Å². The smallest absolute Gasteiger partial charge is 0.299 e. The minimum Gasteiger partial charge on any atom is -0.299 e. The fraction of sp³-hybridized carbons (Fsp3) is 0.700. The maximum absolute atomic E-state index is 11.4. The molecule has 0 spiro atoms. The van der Waals surface area contributed by atoms with Crippen LogP contribution in [0.15, 0.2) is 9.95 Å². The van der Waals surface area contributed by atoms with Gasteiger partial charge in [0.2, 0.25) is 0 Å². The molecule has 0 amide bonds. The van der Waals surface area contributed by atoms with Gasteiger partial charge in [-0.3, -0.25) is 9.36 Å². The monoisotopic (exact) mass is 241 g/mol. The van der Waals surface area contributed by atoms with Crippen LogP contribution in [0.2, 0.25) is 0 Å². The van der Waals surface area contributed by atoms with Crippen LogP contribution >= 0.6 is 11.8 Å². The van der Waals surface area contributed by atoms with Gasteiger partial charge in [-0.1, -0.05) is 11.8 Å². The number of nitrogens with one attached hydrogen (secondary N) is 1. The molecule has 1 N–H and O–H groups in total. The number of ketones is 1. The van der Waals surface area contributed by atoms with Crippen LogP contribution in [0.3, 0.4) is 0 Å². The third-order valence-corrected chi connectivity index (χ3v) is 4.03. The average molecular weight is 241 g/mol. The molecule has 1 atom stereocenters. The summed E-state index contributed by atoms with van der Waals surface area (Å²) < 4.78 is 1.49. The lowest BCUT2D eigenvalue weighted by Gasteiger charge is -2.06. The molecule has 0 aromatic carbocycles. The van der Waals surface area contributed by atoms with Crippen molar-refractivity contribution in [2.24, 2.45) is 13.0 Å². The molecule has 5 nitrogen and oxygen atoms in total. The fourth-order valence-electron chi connectivity index (χ4n) is 1.95. The van der Waals surface area contributed by atoms with Gasteiger partial charge in [0, 0.05) is 25.1 Å². The Labute approximate surface area is 97.6 Å². The zero-order valence-electron chi connectivity index (χ0n) is 9.23. The maximum Gasteiger partial charge on any atom is 0.343 e. The van der Waals surface area contributed by atoms with Gasteiger partial charge in [-0.25, -0.2) is 9.89 Å². The van der Waals surface area contributed by atoms with Gasteiger partial charge in [-0.05, 0) is 19.3 Å². The van der Waals surface area contributed by atoms with Gasteiger partial charge in [0.1, 0.15) is 5.78 Å². The van der Waals surface area contributed by atoms with Gasteiger partial charge in [0.05, 0.1) is 0 Å². The van der Waals surface area contributed by atoms with Gasteiger partial charge >= 0.3 is 5.69 Å². The highest BCUT2D eigenvalue weighted by Gasteiger charge is 2.23. The first-order chi connectivity index (χ1) is 7.68. The van der Waals surface area contributed by atoms with Crippen LogP contribution in [-0.2, 0) is 11.8 Å². The third-order valence-electron chi connectivity index (χ3n) is 2.97. The summed E-state index contributed by atoms with van der Waals surface area (Å²) in [6, 6.07) is 0. The van der Waals surface area contributed by atoms with Crippen molar-refractivity contribution < 1.29 is 4.79 Å². The van der Waals surface area contributed by atoms with Gasteiger partial charge < -0.3 is 0 Å². The Kier molecular flexibility index (Phi) is 3.48. The minimum atomic E-state index is -0.195. The number of H-pyrrole nitrogens is 1. The van der Waals surface area contributed by atoms with Crippen molar-refractivity contribution in [3.05, 3.63) is 10.5 Å². The van der Waals surface area contributed by atoms with Crippen LogP contribution in [0.1, 0.15) is 25.7 Å². The fourth-order valence-corrected chi connectivity index (χ4v) is 2.92. The molecule has 1 aromatic heterocycles. The minimum absolute atomic E-state index is 0.195. The highest BCUT2D eigenvalue weighted by atomic mass is 32.2. The molecule has 0 saturated heterocycles. The number of hydrogen-bond acceptors (Lipinski definition) is 4. The van der Waals surface area contributed by atoms with E-state index in [2.05, 4.69) is 10.2 Å². The lowest BCUT2D eigenvalue weighted by atomic mass is 10.1. The summed E-state index contributed by atoms with van der Waals surface area (Å²) in [6.45, 7) is 0. The third kappa shape index (κ3) is 2.37. The zero-order valence-corrected chi connectivity index (χ0v) is 10.0. The second-order valence-corrected chi connectivity index (χ2v) is 5.13. The number of aromatic nitrogens is 3. The Morgan fingerprint density at radius 1 is 1.56 bits per heavy atom. The predicted octanol–water partition coefficient (Wildman–Crippen LogP) is 0.960. The average Bonchev–Trinajstić information content (AvgIpc) is 2.80. The van der Waals surface area contributed by atoms with Crippen molar-refractivity contribution in [3.8, 4) is 0 Å². The normalized spacial score (nSPS) is 20.6. The summed E-state index contributed by atoms with van der Waals surface area (Å²) in [5.41, 5.74) is -0.195. The molecule has 0 bridgehead atoms. The maximum atomic E-state index is 11.4. The van der Waals surface area contributed by atoms with Crippen LogP contribution in [0.25, 0.3) is 0 Å². The molecule has 1 unspecified atom stereocenters. The second kappa shape index (κ2) is 4.86. The van der Waals surface area contributed by atoms with E-state index in [9.17, 15) is 9.59 Å². The van der Waals surface area contributed by atoms with Crippen molar-refractivity contribution >= 4 is 17.5 Å². The molecular weight excluding hydrogens is 226 g/mol. The van der Waals surface area contributed by atoms with Crippen LogP contribution in [0.5, 0.6) is 0 Å². The molecule has 1 saturated carbocycles. The summed E-state index contributed by atoms with van der Waals surface area (Å²) in [4.78, 5) is 22.5. The summed E-state index contributed by atoms with van der Waals surface area (Å²) in [7, 11) is 1.69. The molecule has 0 aliphatic heterocycles. The summed E-state index contributed by atoms with van der Waals surface area (Å²) in [5, 5.41) is 6.99. The first kappa shape index (κ1) is 11.4. The van der Waals surface area contributed by atoms with Crippen LogP contribution in [0, 0.1) is 5.92 Å². The number of hydrogen-bond donors (Lipinski definition) is 1. The first-order valence-corrected chi connectivity index (χ1v) is 6.44. The molecule has 1 fully saturated rings. The molecular formula is C10H15N3O2S. The quantitative estimate of drug-likeness (QED) is 0.797. The van der Waals surface area contributed by atoms with E-state index in [0.717, 1.165) is 31.4 Å². The van der Waals surface area contributed by atoms with Crippen molar-refractivity contribution in [2.75, 3.05) is 5.75 Å². The van der Waals surface area contributed by atoms with Gasteiger partial charge in [0.25, 0.3) is 0 Å². The molecule has 6 heteroatoms. The largest absolute Gasteiger partial charge is 0.343 e. The molecule has 1 aromatic rings. The number of carbonyl (C=O) groups is 1. The van der Waals surface area contributed by atoms with E-state index >= 15 is 0 Å². The molecule has 1 aliphatic carbocycles. The SMILES string of the molecule is Cn1c(SCCC2CCCC2=O)n[nH]c1=O. The highest BCUT2D eigenvalue weighted by Crippen LogP contribution is 2.26. The number of thioether (sulfide) groups is 1. The van der Waals surface area contributed by atoms with Crippen LogP contribution in [-0.4, -0.2) is 26.3 Å². The zero-order chi connectivity index (χ0) is 11.5. The molecule has 16 heavy (non-hydrogen) atoms. The van der Waals surface area contributed by atoms with Gasteiger partial charge in [-0.15, -0.1) is 5.10 Å². The molecule has 1 heterocycles. The Morgan fingerprint density at radius 3 is 2.94 bits per heavy atom. The lowest BCUT2D eigenvalue weighted by molar-refractivity contribution is -0.120. The Morgan fingerprint density at radius 2 is 2.38 bits per heavy atom. The van der Waals surface area contributed by atoms with E-state index in [1.807, 2.05) is 0 Å². The summed E-state index contributed by atoms with van der Waals surface area (Å²) in [5.74, 6) is 1.48. The number of Topliss-reactive ketones (excluding diaryl/α,β-unsaturated/α-hetero) is 1. The van der Waals surface area contributed by atoms with E-state index in [4.69, 9.17) is 0 Å². The van der Waals surface area contributed by atoms with Crippen molar-refractivity contribution in [1.29, 1.82) is 0 Å². The van der Waals surface area contributed by atoms with Crippen molar-refractivity contribution in [1.82, 2.24) is 14.8 Å². The van der Waals surface area contributed by atoms with E-state index < -0.39 is 0 Å². The number of nitrogens with zero attached hydrogens (tertiary/aromatic N) is 2. The number of rotatable bonds is 4. The Hall–Kier alpha value is -1.04. The van der Waals surface area contributed by atoms with E-state index in [1.54, 1.807) is 7.05 Å². The topological polar surface area (TPSA) is 67.8 Å². The van der Waals surface area contributed by atoms with E-state index in [0.29, 0.717) is 10.9 Å². The standard InChI is InChI=1S/C10H15N3O2S/c1-13-9(15)11-12-10(13)16-6-5-7-3-2-4-8(7)14/h7H,2-6H2,1H3,(H,11,15). The lowest BCUT2D eigenvalue weighted by Crippen LogP contribution is -2.13. The Balaban J connectivity index is 1.82. The Bertz CT molecular complexity index is 438. The first-order valence-electron chi connectivity index (χ1n) is 5.45. The summed E-state index contributed by atoms with van der Waals surface area (Å²) in [6.07, 6.45) is 3.70. The molecule has 1 aliphatic rings. The number of aromatic amines is 1. The van der Waals surface area contributed by atoms with Crippen LogP contribution < -0.4 is 5.69 Å². The number of carbonyl (C=O) groups excluding carboxylic acids is 1. The summed E-state index contributed by atoms with van der Waals surface area (Å²) >= 11 is 1.53.